The Balaban J connectivity index is 1.45. The lowest BCUT2D eigenvalue weighted by Crippen LogP contribution is -2.28. The van der Waals surface area contributed by atoms with Gasteiger partial charge < -0.3 is 9.64 Å². The Labute approximate surface area is 171 Å². The fourth-order valence-electron chi connectivity index (χ4n) is 3.69. The Kier molecular flexibility index (Phi) is 5.44. The lowest BCUT2D eigenvalue weighted by molar-refractivity contribution is -0.274. The lowest BCUT2D eigenvalue weighted by atomic mass is 10.0. The minimum atomic E-state index is -4.74. The van der Waals surface area contributed by atoms with Gasteiger partial charge in [-0.1, -0.05) is 30.3 Å². The second-order valence-corrected chi connectivity index (χ2v) is 7.18. The molecule has 7 heteroatoms. The van der Waals surface area contributed by atoms with E-state index in [0.29, 0.717) is 29.8 Å². The molecule has 0 bridgehead atoms. The van der Waals surface area contributed by atoms with Crippen LogP contribution in [0.1, 0.15) is 28.3 Å². The summed E-state index contributed by atoms with van der Waals surface area (Å²) in [6.07, 6.45) is -0.280. The normalized spacial score (nSPS) is 16.5. The van der Waals surface area contributed by atoms with E-state index in [2.05, 4.69) is 9.72 Å². The molecule has 1 amide bonds. The summed E-state index contributed by atoms with van der Waals surface area (Å²) in [4.78, 5) is 18.8. The predicted octanol–water partition coefficient (Wildman–Crippen LogP) is 5.28. The van der Waals surface area contributed by atoms with Crippen LogP contribution in [-0.4, -0.2) is 35.2 Å². The van der Waals surface area contributed by atoms with E-state index in [1.165, 1.54) is 18.2 Å². The zero-order valence-electron chi connectivity index (χ0n) is 16.0. The summed E-state index contributed by atoms with van der Waals surface area (Å²) in [5.41, 5.74) is 2.96. The SMILES string of the molecule is O=C(c1ccc(-c2cccc(OC(F)(F)F)c2)cc1)N1CCC(c2cccnc2)C1. The van der Waals surface area contributed by atoms with Crippen molar-refractivity contribution in [3.05, 3.63) is 84.2 Å². The molecule has 4 nitrogen and oxygen atoms in total. The average Bonchev–Trinajstić information content (AvgIpc) is 3.23. The number of carbonyl (C=O) groups is 1. The zero-order valence-corrected chi connectivity index (χ0v) is 16.0. The first kappa shape index (κ1) is 19.9. The van der Waals surface area contributed by atoms with Gasteiger partial charge in [0.1, 0.15) is 5.75 Å². The largest absolute Gasteiger partial charge is 0.573 e. The predicted molar refractivity (Wildman–Crippen MR) is 106 cm³/mol. The molecule has 0 radical (unpaired) electrons. The molecule has 1 atom stereocenters. The van der Waals surface area contributed by atoms with Gasteiger partial charge in [0.25, 0.3) is 5.91 Å². The van der Waals surface area contributed by atoms with Crippen LogP contribution in [0.2, 0.25) is 0 Å². The summed E-state index contributed by atoms with van der Waals surface area (Å²) in [6, 6.07) is 16.5. The Morgan fingerprint density at radius 3 is 2.53 bits per heavy atom. The molecule has 154 valence electrons. The highest BCUT2D eigenvalue weighted by Gasteiger charge is 2.31. The monoisotopic (exact) mass is 412 g/mol. The lowest BCUT2D eigenvalue weighted by Gasteiger charge is -2.17. The smallest absolute Gasteiger partial charge is 0.406 e. The van der Waals surface area contributed by atoms with E-state index in [4.69, 9.17) is 0 Å². The number of hydrogen-bond acceptors (Lipinski definition) is 3. The fraction of sp³-hybridized carbons (Fsp3) is 0.217. The van der Waals surface area contributed by atoms with Crippen molar-refractivity contribution in [2.45, 2.75) is 18.7 Å². The first-order chi connectivity index (χ1) is 14.4. The van der Waals surface area contributed by atoms with Gasteiger partial charge in [0.15, 0.2) is 0 Å². The minimum Gasteiger partial charge on any atom is -0.406 e. The van der Waals surface area contributed by atoms with Crippen molar-refractivity contribution in [3.8, 4) is 16.9 Å². The molecule has 3 aromatic rings. The topological polar surface area (TPSA) is 42.4 Å². The number of ether oxygens (including phenoxy) is 1. The summed E-state index contributed by atoms with van der Waals surface area (Å²) in [7, 11) is 0. The van der Waals surface area contributed by atoms with Crippen LogP contribution in [0.15, 0.2) is 73.1 Å². The van der Waals surface area contributed by atoms with Gasteiger partial charge >= 0.3 is 6.36 Å². The molecule has 0 spiro atoms. The zero-order chi connectivity index (χ0) is 21.1. The number of aromatic nitrogens is 1. The molecule has 1 saturated heterocycles. The number of pyridine rings is 1. The summed E-state index contributed by atoms with van der Waals surface area (Å²) >= 11 is 0. The second-order valence-electron chi connectivity index (χ2n) is 7.18. The maximum Gasteiger partial charge on any atom is 0.573 e. The third-order valence-corrected chi connectivity index (χ3v) is 5.16. The summed E-state index contributed by atoms with van der Waals surface area (Å²) in [5.74, 6) is -0.0564. The van der Waals surface area contributed by atoms with Crippen molar-refractivity contribution >= 4 is 5.91 Å². The molecule has 2 aromatic carbocycles. The van der Waals surface area contributed by atoms with E-state index in [9.17, 15) is 18.0 Å². The Hall–Kier alpha value is -3.35. The van der Waals surface area contributed by atoms with Crippen molar-refractivity contribution in [2.24, 2.45) is 0 Å². The van der Waals surface area contributed by atoms with E-state index in [0.717, 1.165) is 12.0 Å². The summed E-state index contributed by atoms with van der Waals surface area (Å²) in [6.45, 7) is 1.32. The highest BCUT2D eigenvalue weighted by atomic mass is 19.4. The average molecular weight is 412 g/mol. The van der Waals surface area contributed by atoms with Crippen LogP contribution < -0.4 is 4.74 Å². The van der Waals surface area contributed by atoms with Gasteiger partial charge in [-0.3, -0.25) is 9.78 Å². The van der Waals surface area contributed by atoms with Gasteiger partial charge in [-0.05, 0) is 53.4 Å². The van der Waals surface area contributed by atoms with E-state index in [-0.39, 0.29) is 17.6 Å². The number of nitrogens with zero attached hydrogens (tertiary/aromatic N) is 2. The third kappa shape index (κ3) is 4.62. The number of benzene rings is 2. The fourth-order valence-corrected chi connectivity index (χ4v) is 3.69. The molecule has 4 rings (SSSR count). The highest BCUT2D eigenvalue weighted by Crippen LogP contribution is 2.30. The Morgan fingerprint density at radius 2 is 1.83 bits per heavy atom. The molecule has 0 saturated carbocycles. The number of halogens is 3. The molecule has 1 aromatic heterocycles. The molecule has 2 heterocycles. The first-order valence-electron chi connectivity index (χ1n) is 9.54. The number of alkyl halides is 3. The Bertz CT molecular complexity index is 1020. The molecule has 1 aliphatic heterocycles. The molecule has 0 N–H and O–H groups in total. The van der Waals surface area contributed by atoms with Gasteiger partial charge in [0.2, 0.25) is 0 Å². The van der Waals surface area contributed by atoms with Crippen LogP contribution in [0.25, 0.3) is 11.1 Å². The van der Waals surface area contributed by atoms with Crippen LogP contribution >= 0.6 is 0 Å². The van der Waals surface area contributed by atoms with Crippen LogP contribution in [0.4, 0.5) is 13.2 Å². The minimum absolute atomic E-state index is 0.0536. The molecule has 1 aliphatic rings. The number of hydrogen-bond donors (Lipinski definition) is 0. The molecular formula is C23H19F3N2O2. The molecule has 1 unspecified atom stereocenters. The van der Waals surface area contributed by atoms with E-state index < -0.39 is 6.36 Å². The van der Waals surface area contributed by atoms with E-state index in [1.807, 2.05) is 23.2 Å². The quantitative estimate of drug-likeness (QED) is 0.586. The first-order valence-corrected chi connectivity index (χ1v) is 9.54. The number of likely N-dealkylation sites (tertiary alicyclic amines) is 1. The van der Waals surface area contributed by atoms with Gasteiger partial charge in [-0.25, -0.2) is 0 Å². The molecule has 0 aliphatic carbocycles. The van der Waals surface area contributed by atoms with Crippen LogP contribution in [0, 0.1) is 0 Å². The van der Waals surface area contributed by atoms with Gasteiger partial charge in [0, 0.05) is 37.0 Å². The summed E-state index contributed by atoms with van der Waals surface area (Å²) in [5, 5.41) is 0. The maximum absolute atomic E-state index is 12.8. The molecular weight excluding hydrogens is 393 g/mol. The second kappa shape index (κ2) is 8.18. The van der Waals surface area contributed by atoms with Crippen LogP contribution in [0.3, 0.4) is 0 Å². The van der Waals surface area contributed by atoms with Crippen LogP contribution in [-0.2, 0) is 0 Å². The number of rotatable bonds is 4. The van der Waals surface area contributed by atoms with E-state index in [1.54, 1.807) is 36.5 Å². The van der Waals surface area contributed by atoms with Crippen molar-refractivity contribution in [2.75, 3.05) is 13.1 Å². The van der Waals surface area contributed by atoms with Gasteiger partial charge in [0.05, 0.1) is 0 Å². The van der Waals surface area contributed by atoms with Crippen molar-refractivity contribution in [3.63, 3.8) is 0 Å². The van der Waals surface area contributed by atoms with Crippen molar-refractivity contribution < 1.29 is 22.7 Å². The van der Waals surface area contributed by atoms with Crippen molar-refractivity contribution in [1.29, 1.82) is 0 Å². The Morgan fingerprint density at radius 1 is 1.03 bits per heavy atom. The van der Waals surface area contributed by atoms with Gasteiger partial charge in [-0.15, -0.1) is 13.2 Å². The molecule has 1 fully saturated rings. The standard InChI is InChI=1S/C23H19F3N2O2/c24-23(25,26)30-21-5-1-3-18(13-21)16-6-8-17(9-7-16)22(29)28-12-10-20(15-28)19-4-2-11-27-14-19/h1-9,11,13-14,20H,10,12,15H2. The highest BCUT2D eigenvalue weighted by molar-refractivity contribution is 5.95. The number of amides is 1. The third-order valence-electron chi connectivity index (χ3n) is 5.16. The van der Waals surface area contributed by atoms with Crippen molar-refractivity contribution in [1.82, 2.24) is 9.88 Å². The van der Waals surface area contributed by atoms with E-state index >= 15 is 0 Å². The maximum atomic E-state index is 12.8. The van der Waals surface area contributed by atoms with Crippen LogP contribution in [0.5, 0.6) is 5.75 Å². The molecule has 30 heavy (non-hydrogen) atoms. The number of carbonyl (C=O) groups excluding carboxylic acids is 1. The van der Waals surface area contributed by atoms with Gasteiger partial charge in [-0.2, -0.15) is 0 Å². The summed E-state index contributed by atoms with van der Waals surface area (Å²) < 4.78 is 41.3.